The molecule has 0 heterocycles. The first-order chi connectivity index (χ1) is 9.83. The van der Waals surface area contributed by atoms with Crippen LogP contribution in [0.3, 0.4) is 0 Å². The van der Waals surface area contributed by atoms with Crippen molar-refractivity contribution in [2.75, 3.05) is 4.72 Å². The van der Waals surface area contributed by atoms with Crippen LogP contribution in [0.25, 0.3) is 0 Å². The summed E-state index contributed by atoms with van der Waals surface area (Å²) in [6.45, 7) is 3.35. The lowest BCUT2D eigenvalue weighted by Crippen LogP contribution is -2.14. The van der Waals surface area contributed by atoms with Crippen molar-refractivity contribution in [3.8, 4) is 11.8 Å². The first-order valence-corrected chi connectivity index (χ1v) is 7.65. The number of anilines is 1. The fourth-order valence-corrected chi connectivity index (χ4v) is 3.18. The topological polar surface area (TPSA) is 90.2 Å². The van der Waals surface area contributed by atoms with Gasteiger partial charge in [0.05, 0.1) is 22.2 Å². The summed E-state index contributed by atoms with van der Waals surface area (Å²) in [6.07, 6.45) is 0. The van der Waals surface area contributed by atoms with Gasteiger partial charge < -0.3 is 5.11 Å². The number of benzene rings is 2. The van der Waals surface area contributed by atoms with E-state index in [1.165, 1.54) is 24.3 Å². The Morgan fingerprint density at radius 3 is 2.38 bits per heavy atom. The summed E-state index contributed by atoms with van der Waals surface area (Å²) in [7, 11) is -3.77. The van der Waals surface area contributed by atoms with Crippen LogP contribution in [-0.4, -0.2) is 13.5 Å². The van der Waals surface area contributed by atoms with E-state index in [-0.39, 0.29) is 16.3 Å². The van der Waals surface area contributed by atoms with Gasteiger partial charge in [-0.25, -0.2) is 8.42 Å². The summed E-state index contributed by atoms with van der Waals surface area (Å²) in [6, 6.07) is 10.9. The molecule has 5 nitrogen and oxygen atoms in total. The summed E-state index contributed by atoms with van der Waals surface area (Å²) in [5.41, 5.74) is 1.83. The summed E-state index contributed by atoms with van der Waals surface area (Å²) in [5.74, 6) is 0.0201. The maximum absolute atomic E-state index is 12.3. The molecule has 0 aliphatic heterocycles. The Bertz CT molecular complexity index is 836. The normalized spacial score (nSPS) is 10.9. The van der Waals surface area contributed by atoms with Crippen LogP contribution in [0.1, 0.15) is 16.7 Å². The number of phenolic OH excluding ortho intramolecular Hbond substituents is 1. The van der Waals surface area contributed by atoms with Crippen molar-refractivity contribution >= 4 is 15.7 Å². The van der Waals surface area contributed by atoms with Gasteiger partial charge in [0.15, 0.2) is 0 Å². The standard InChI is InChI=1S/C15H14N2O3S/c1-10-3-5-13(8-14(10)18)17-21(19,20)15-6-4-12(9-16)7-11(15)2/h3-8,17-18H,1-2H3. The van der Waals surface area contributed by atoms with Crippen LogP contribution in [0.5, 0.6) is 5.75 Å². The summed E-state index contributed by atoms with van der Waals surface area (Å²) >= 11 is 0. The van der Waals surface area contributed by atoms with Crippen molar-refractivity contribution in [2.45, 2.75) is 18.7 Å². The molecule has 0 radical (unpaired) electrons. The lowest BCUT2D eigenvalue weighted by Gasteiger charge is -2.11. The van der Waals surface area contributed by atoms with Crippen molar-refractivity contribution in [1.29, 1.82) is 5.26 Å². The predicted octanol–water partition coefficient (Wildman–Crippen LogP) is 2.68. The predicted molar refractivity (Wildman–Crippen MR) is 79.5 cm³/mol. The third-order valence-electron chi connectivity index (χ3n) is 3.05. The second kappa shape index (κ2) is 5.46. The second-order valence-electron chi connectivity index (χ2n) is 4.70. The SMILES string of the molecule is Cc1ccc(NS(=O)(=O)c2ccc(C#N)cc2C)cc1O. The molecule has 0 saturated heterocycles. The van der Waals surface area contributed by atoms with Gasteiger partial charge in [0.25, 0.3) is 10.0 Å². The van der Waals surface area contributed by atoms with Crippen LogP contribution < -0.4 is 4.72 Å². The van der Waals surface area contributed by atoms with Crippen LogP contribution in [-0.2, 0) is 10.0 Å². The van der Waals surface area contributed by atoms with Crippen LogP contribution >= 0.6 is 0 Å². The number of aryl methyl sites for hydroxylation is 2. The highest BCUT2D eigenvalue weighted by molar-refractivity contribution is 7.92. The number of rotatable bonds is 3. The van der Waals surface area contributed by atoms with E-state index >= 15 is 0 Å². The molecule has 108 valence electrons. The molecule has 0 saturated carbocycles. The highest BCUT2D eigenvalue weighted by Gasteiger charge is 2.17. The molecule has 0 spiro atoms. The van der Waals surface area contributed by atoms with E-state index in [4.69, 9.17) is 5.26 Å². The zero-order valence-corrected chi connectivity index (χ0v) is 12.4. The van der Waals surface area contributed by atoms with Gasteiger partial charge in [-0.1, -0.05) is 6.07 Å². The molecule has 0 aromatic heterocycles. The van der Waals surface area contributed by atoms with Crippen molar-refractivity contribution in [2.24, 2.45) is 0 Å². The van der Waals surface area contributed by atoms with E-state index in [0.717, 1.165) is 0 Å². The summed E-state index contributed by atoms with van der Waals surface area (Å²) in [4.78, 5) is 0.0987. The molecule has 0 bridgehead atoms. The fourth-order valence-electron chi connectivity index (χ4n) is 1.90. The molecule has 0 fully saturated rings. The highest BCUT2D eigenvalue weighted by Crippen LogP contribution is 2.24. The van der Waals surface area contributed by atoms with Crippen LogP contribution in [0.15, 0.2) is 41.3 Å². The van der Waals surface area contributed by atoms with E-state index < -0.39 is 10.0 Å². The maximum atomic E-state index is 12.3. The largest absolute Gasteiger partial charge is 0.508 e. The number of phenols is 1. The molecule has 2 rings (SSSR count). The van der Waals surface area contributed by atoms with Crippen molar-refractivity contribution in [1.82, 2.24) is 0 Å². The molecular weight excluding hydrogens is 288 g/mol. The molecule has 21 heavy (non-hydrogen) atoms. The number of nitrogens with one attached hydrogen (secondary N) is 1. The van der Waals surface area contributed by atoms with Gasteiger partial charge in [0.1, 0.15) is 5.75 Å². The Morgan fingerprint density at radius 1 is 1.10 bits per heavy atom. The smallest absolute Gasteiger partial charge is 0.262 e. The quantitative estimate of drug-likeness (QED) is 0.912. The molecular formula is C15H14N2O3S. The average molecular weight is 302 g/mol. The first kappa shape index (κ1) is 14.9. The van der Waals surface area contributed by atoms with E-state index in [9.17, 15) is 13.5 Å². The summed E-state index contributed by atoms with van der Waals surface area (Å²) < 4.78 is 27.1. The number of sulfonamides is 1. The van der Waals surface area contributed by atoms with Crippen molar-refractivity contribution in [3.05, 3.63) is 53.1 Å². The average Bonchev–Trinajstić information content (AvgIpc) is 2.42. The van der Waals surface area contributed by atoms with Gasteiger partial charge in [-0.2, -0.15) is 5.26 Å². The first-order valence-electron chi connectivity index (χ1n) is 6.16. The second-order valence-corrected chi connectivity index (χ2v) is 6.35. The molecule has 0 amide bonds. The Morgan fingerprint density at radius 2 is 1.81 bits per heavy atom. The third kappa shape index (κ3) is 3.15. The van der Waals surface area contributed by atoms with E-state index in [1.54, 1.807) is 26.0 Å². The molecule has 0 unspecified atom stereocenters. The Hall–Kier alpha value is -2.52. The Labute approximate surface area is 123 Å². The number of nitriles is 1. The van der Waals surface area contributed by atoms with E-state index in [1.807, 2.05) is 6.07 Å². The van der Waals surface area contributed by atoms with Crippen molar-refractivity contribution in [3.63, 3.8) is 0 Å². The molecule has 0 aliphatic rings. The lowest BCUT2D eigenvalue weighted by molar-refractivity contribution is 0.471. The molecule has 2 aromatic rings. The van der Waals surface area contributed by atoms with Gasteiger partial charge in [0.2, 0.25) is 0 Å². The minimum absolute atomic E-state index is 0.0201. The number of hydrogen-bond acceptors (Lipinski definition) is 4. The number of aromatic hydroxyl groups is 1. The zero-order valence-electron chi connectivity index (χ0n) is 11.6. The fraction of sp³-hybridized carbons (Fsp3) is 0.133. The highest BCUT2D eigenvalue weighted by atomic mass is 32.2. The van der Waals surface area contributed by atoms with Gasteiger partial charge in [-0.05, 0) is 49.2 Å². The van der Waals surface area contributed by atoms with Crippen molar-refractivity contribution < 1.29 is 13.5 Å². The van der Waals surface area contributed by atoms with E-state index in [2.05, 4.69) is 4.72 Å². The molecule has 2 aromatic carbocycles. The number of hydrogen-bond donors (Lipinski definition) is 2. The Balaban J connectivity index is 2.38. The third-order valence-corrected chi connectivity index (χ3v) is 4.60. The lowest BCUT2D eigenvalue weighted by atomic mass is 10.2. The molecule has 0 aliphatic carbocycles. The molecule has 0 atom stereocenters. The van der Waals surface area contributed by atoms with Gasteiger partial charge in [0, 0.05) is 6.07 Å². The minimum Gasteiger partial charge on any atom is -0.508 e. The monoisotopic (exact) mass is 302 g/mol. The molecule has 2 N–H and O–H groups in total. The van der Waals surface area contributed by atoms with Crippen LogP contribution in [0, 0.1) is 25.2 Å². The van der Waals surface area contributed by atoms with Crippen LogP contribution in [0.2, 0.25) is 0 Å². The maximum Gasteiger partial charge on any atom is 0.262 e. The zero-order chi connectivity index (χ0) is 15.6. The van der Waals surface area contributed by atoms with Gasteiger partial charge >= 0.3 is 0 Å². The Kier molecular flexibility index (Phi) is 3.87. The van der Waals surface area contributed by atoms with E-state index in [0.29, 0.717) is 16.7 Å². The molecule has 6 heteroatoms. The van der Waals surface area contributed by atoms with Gasteiger partial charge in [-0.3, -0.25) is 4.72 Å². The van der Waals surface area contributed by atoms with Crippen LogP contribution in [0.4, 0.5) is 5.69 Å². The van der Waals surface area contributed by atoms with Gasteiger partial charge in [-0.15, -0.1) is 0 Å². The summed E-state index contributed by atoms with van der Waals surface area (Å²) in [5, 5.41) is 18.4. The minimum atomic E-state index is -3.77. The number of nitrogens with zero attached hydrogens (tertiary/aromatic N) is 1.